The number of benzene rings is 1. The minimum atomic E-state index is -0.248. The van der Waals surface area contributed by atoms with Gasteiger partial charge in [0, 0.05) is 17.8 Å². The molecule has 2 aromatic rings. The van der Waals surface area contributed by atoms with Crippen LogP contribution in [0.3, 0.4) is 0 Å². The monoisotopic (exact) mass is 355 g/mol. The number of rotatable bonds is 6. The van der Waals surface area contributed by atoms with E-state index < -0.39 is 0 Å². The maximum Gasteiger partial charge on any atom is 0.258 e. The molecule has 1 aromatic heterocycles. The van der Waals surface area contributed by atoms with Crippen molar-refractivity contribution >= 4 is 23.2 Å². The van der Waals surface area contributed by atoms with Crippen molar-refractivity contribution in [3.8, 4) is 0 Å². The van der Waals surface area contributed by atoms with E-state index in [4.69, 9.17) is 4.42 Å². The molecule has 1 fully saturated rings. The van der Waals surface area contributed by atoms with E-state index in [1.807, 2.05) is 6.07 Å². The third-order valence-corrected chi connectivity index (χ3v) is 4.88. The zero-order valence-corrected chi connectivity index (χ0v) is 15.0. The lowest BCUT2D eigenvalue weighted by molar-refractivity contribution is -0.117. The highest BCUT2D eigenvalue weighted by Crippen LogP contribution is 2.25. The Labute approximate surface area is 153 Å². The van der Waals surface area contributed by atoms with Crippen LogP contribution in [0.2, 0.25) is 0 Å². The molecule has 1 aliphatic heterocycles. The first-order valence-electron chi connectivity index (χ1n) is 9.06. The SMILES string of the molecule is CC(CC(=O)Nc1cccc(NC(=O)c2ccoc2)c1)C1CCNCC1. The second-order valence-electron chi connectivity index (χ2n) is 6.86. The Bertz CT molecular complexity index is 737. The van der Waals surface area contributed by atoms with Crippen molar-refractivity contribution in [3.63, 3.8) is 0 Å². The molecule has 1 atom stereocenters. The molecule has 138 valence electrons. The Balaban J connectivity index is 1.54. The van der Waals surface area contributed by atoms with Crippen LogP contribution >= 0.6 is 0 Å². The zero-order valence-electron chi connectivity index (χ0n) is 15.0. The van der Waals surface area contributed by atoms with Gasteiger partial charge in [-0.05, 0) is 62.0 Å². The van der Waals surface area contributed by atoms with Gasteiger partial charge < -0.3 is 20.4 Å². The van der Waals surface area contributed by atoms with Crippen LogP contribution in [0.15, 0.2) is 47.3 Å². The minimum absolute atomic E-state index is 0.00865. The fraction of sp³-hybridized carbons (Fsp3) is 0.400. The lowest BCUT2D eigenvalue weighted by Crippen LogP contribution is -2.32. The maximum atomic E-state index is 12.4. The molecule has 1 saturated heterocycles. The number of carbonyl (C=O) groups is 2. The van der Waals surface area contributed by atoms with E-state index in [-0.39, 0.29) is 11.8 Å². The summed E-state index contributed by atoms with van der Waals surface area (Å²) >= 11 is 0. The van der Waals surface area contributed by atoms with Crippen molar-refractivity contribution < 1.29 is 14.0 Å². The molecular weight excluding hydrogens is 330 g/mol. The number of anilines is 2. The molecule has 0 bridgehead atoms. The van der Waals surface area contributed by atoms with Crippen LogP contribution in [-0.4, -0.2) is 24.9 Å². The van der Waals surface area contributed by atoms with Gasteiger partial charge >= 0.3 is 0 Å². The first-order chi connectivity index (χ1) is 12.6. The van der Waals surface area contributed by atoms with Crippen LogP contribution in [0.1, 0.15) is 36.5 Å². The van der Waals surface area contributed by atoms with Gasteiger partial charge in [0.25, 0.3) is 5.91 Å². The number of furan rings is 1. The summed E-state index contributed by atoms with van der Waals surface area (Å²) in [5.74, 6) is 0.722. The van der Waals surface area contributed by atoms with Crippen molar-refractivity contribution in [1.29, 1.82) is 0 Å². The van der Waals surface area contributed by atoms with Crippen molar-refractivity contribution in [2.45, 2.75) is 26.2 Å². The molecule has 6 heteroatoms. The molecule has 1 aliphatic rings. The molecule has 0 aliphatic carbocycles. The first-order valence-corrected chi connectivity index (χ1v) is 9.06. The van der Waals surface area contributed by atoms with E-state index in [0.29, 0.717) is 35.2 Å². The second kappa shape index (κ2) is 8.67. The Morgan fingerprint density at radius 2 is 1.92 bits per heavy atom. The fourth-order valence-electron chi connectivity index (χ4n) is 3.36. The van der Waals surface area contributed by atoms with E-state index in [1.54, 1.807) is 24.3 Å². The van der Waals surface area contributed by atoms with Gasteiger partial charge in [-0.15, -0.1) is 0 Å². The van der Waals surface area contributed by atoms with Gasteiger partial charge in [0.2, 0.25) is 5.91 Å². The van der Waals surface area contributed by atoms with E-state index in [0.717, 1.165) is 25.9 Å². The Hall–Kier alpha value is -2.60. The van der Waals surface area contributed by atoms with Crippen LogP contribution in [0.4, 0.5) is 11.4 Å². The Morgan fingerprint density at radius 3 is 2.62 bits per heavy atom. The molecule has 6 nitrogen and oxygen atoms in total. The van der Waals surface area contributed by atoms with Crippen molar-refractivity contribution in [3.05, 3.63) is 48.4 Å². The largest absolute Gasteiger partial charge is 0.472 e. The summed E-state index contributed by atoms with van der Waals surface area (Å²) in [5, 5.41) is 9.08. The highest BCUT2D eigenvalue weighted by molar-refractivity contribution is 6.04. The number of piperidine rings is 1. The highest BCUT2D eigenvalue weighted by Gasteiger charge is 2.22. The zero-order chi connectivity index (χ0) is 18.4. The van der Waals surface area contributed by atoms with Gasteiger partial charge in [0.15, 0.2) is 0 Å². The summed E-state index contributed by atoms with van der Waals surface area (Å²) in [4.78, 5) is 24.4. The van der Waals surface area contributed by atoms with Gasteiger partial charge in [-0.2, -0.15) is 0 Å². The first kappa shape index (κ1) is 18.2. The van der Waals surface area contributed by atoms with E-state index in [9.17, 15) is 9.59 Å². The number of amides is 2. The van der Waals surface area contributed by atoms with E-state index in [2.05, 4.69) is 22.9 Å². The molecule has 26 heavy (non-hydrogen) atoms. The standard InChI is InChI=1S/C20H25N3O3/c1-14(15-5-8-21-9-6-15)11-19(24)22-17-3-2-4-18(12-17)23-20(25)16-7-10-26-13-16/h2-4,7,10,12-15,21H,5-6,8-9,11H2,1H3,(H,22,24)(H,23,25). The minimum Gasteiger partial charge on any atom is -0.472 e. The lowest BCUT2D eigenvalue weighted by atomic mass is 9.84. The summed E-state index contributed by atoms with van der Waals surface area (Å²) in [7, 11) is 0. The highest BCUT2D eigenvalue weighted by atomic mass is 16.3. The fourth-order valence-corrected chi connectivity index (χ4v) is 3.36. The molecule has 0 saturated carbocycles. The van der Waals surface area contributed by atoms with Crippen molar-refractivity contribution in [2.75, 3.05) is 23.7 Å². The average Bonchev–Trinajstić information content (AvgIpc) is 3.17. The molecule has 1 aromatic carbocycles. The summed E-state index contributed by atoms with van der Waals surface area (Å²) in [6.07, 6.45) is 5.61. The quantitative estimate of drug-likeness (QED) is 0.741. The summed E-state index contributed by atoms with van der Waals surface area (Å²) in [6, 6.07) is 8.76. The molecule has 0 spiro atoms. The third kappa shape index (κ3) is 4.95. The third-order valence-electron chi connectivity index (χ3n) is 4.88. The van der Waals surface area contributed by atoms with E-state index in [1.165, 1.54) is 12.5 Å². The molecule has 3 N–H and O–H groups in total. The van der Waals surface area contributed by atoms with Gasteiger partial charge in [-0.25, -0.2) is 0 Å². The van der Waals surface area contributed by atoms with Gasteiger partial charge in [0.05, 0.1) is 11.8 Å². The Kier molecular flexibility index (Phi) is 6.07. The smallest absolute Gasteiger partial charge is 0.258 e. The number of hydrogen-bond acceptors (Lipinski definition) is 4. The predicted molar refractivity (Wildman–Crippen MR) is 101 cm³/mol. The average molecular weight is 355 g/mol. The Morgan fingerprint density at radius 1 is 1.19 bits per heavy atom. The number of hydrogen-bond donors (Lipinski definition) is 3. The van der Waals surface area contributed by atoms with Crippen LogP contribution in [0, 0.1) is 11.8 Å². The molecule has 0 radical (unpaired) electrons. The topological polar surface area (TPSA) is 83.4 Å². The van der Waals surface area contributed by atoms with E-state index >= 15 is 0 Å². The second-order valence-corrected chi connectivity index (χ2v) is 6.86. The van der Waals surface area contributed by atoms with Crippen LogP contribution in [0.5, 0.6) is 0 Å². The molecular formula is C20H25N3O3. The van der Waals surface area contributed by atoms with Gasteiger partial charge in [-0.3, -0.25) is 9.59 Å². The summed E-state index contributed by atoms with van der Waals surface area (Å²) in [6.45, 7) is 4.22. The van der Waals surface area contributed by atoms with Gasteiger partial charge in [0.1, 0.15) is 6.26 Å². The predicted octanol–water partition coefficient (Wildman–Crippen LogP) is 3.50. The summed E-state index contributed by atoms with van der Waals surface area (Å²) in [5.41, 5.74) is 1.76. The van der Waals surface area contributed by atoms with Crippen LogP contribution in [-0.2, 0) is 4.79 Å². The molecule has 1 unspecified atom stereocenters. The molecule has 2 heterocycles. The summed E-state index contributed by atoms with van der Waals surface area (Å²) < 4.78 is 4.91. The van der Waals surface area contributed by atoms with Gasteiger partial charge in [-0.1, -0.05) is 13.0 Å². The lowest BCUT2D eigenvalue weighted by Gasteiger charge is -2.27. The van der Waals surface area contributed by atoms with Crippen LogP contribution < -0.4 is 16.0 Å². The number of nitrogens with one attached hydrogen (secondary N) is 3. The number of carbonyl (C=O) groups excluding carboxylic acids is 2. The van der Waals surface area contributed by atoms with Crippen LogP contribution in [0.25, 0.3) is 0 Å². The molecule has 3 rings (SSSR count). The molecule has 2 amide bonds. The van der Waals surface area contributed by atoms with Crippen molar-refractivity contribution in [2.24, 2.45) is 11.8 Å². The van der Waals surface area contributed by atoms with Crippen molar-refractivity contribution in [1.82, 2.24) is 5.32 Å². The maximum absolute atomic E-state index is 12.4. The normalized spacial score (nSPS) is 16.0.